The smallest absolute Gasteiger partial charge is 0.0991 e. The molecule has 0 radical (unpaired) electrons. The summed E-state index contributed by atoms with van der Waals surface area (Å²) in [4.78, 5) is 2.46. The lowest BCUT2D eigenvalue weighted by Crippen LogP contribution is -2.24. The van der Waals surface area contributed by atoms with Gasteiger partial charge in [0.15, 0.2) is 0 Å². The molecule has 1 aromatic rings. The summed E-state index contributed by atoms with van der Waals surface area (Å²) in [6.45, 7) is 6.97. The van der Waals surface area contributed by atoms with Gasteiger partial charge in [-0.05, 0) is 55.4 Å². The topological polar surface area (TPSA) is 27.0 Å². The van der Waals surface area contributed by atoms with E-state index in [0.717, 1.165) is 30.5 Å². The first-order valence-corrected chi connectivity index (χ1v) is 6.96. The maximum atomic E-state index is 8.82. The normalized spacial score (nSPS) is 20.6. The molecule has 1 heterocycles. The predicted molar refractivity (Wildman–Crippen MR) is 75.5 cm³/mol. The Labute approximate surface area is 110 Å². The van der Waals surface area contributed by atoms with E-state index in [1.807, 2.05) is 12.1 Å². The van der Waals surface area contributed by atoms with Gasteiger partial charge in [0, 0.05) is 18.8 Å². The highest BCUT2D eigenvalue weighted by atomic mass is 15.1. The lowest BCUT2D eigenvalue weighted by atomic mass is 9.89. The average molecular weight is 242 g/mol. The lowest BCUT2D eigenvalue weighted by Gasteiger charge is -2.23. The minimum atomic E-state index is 0.744. The van der Waals surface area contributed by atoms with E-state index < -0.39 is 0 Å². The molecule has 0 spiro atoms. The molecule has 2 nitrogen and oxygen atoms in total. The molecular weight excluding hydrogens is 220 g/mol. The fraction of sp³-hybridized carbons (Fsp3) is 0.562. The zero-order chi connectivity index (χ0) is 13.0. The Balaban J connectivity index is 2.03. The monoisotopic (exact) mass is 242 g/mol. The van der Waals surface area contributed by atoms with Gasteiger partial charge in [-0.1, -0.05) is 13.8 Å². The Morgan fingerprint density at radius 3 is 2.50 bits per heavy atom. The van der Waals surface area contributed by atoms with E-state index in [9.17, 15) is 0 Å². The van der Waals surface area contributed by atoms with Crippen LogP contribution in [-0.4, -0.2) is 13.1 Å². The number of nitriles is 1. The SMILES string of the molecule is CC(C)C1CCCN(c2ccc(C#N)cc2)CC1. The summed E-state index contributed by atoms with van der Waals surface area (Å²) in [5, 5.41) is 8.82. The zero-order valence-corrected chi connectivity index (χ0v) is 11.4. The molecule has 0 N–H and O–H groups in total. The third-order valence-corrected chi connectivity index (χ3v) is 4.08. The maximum absolute atomic E-state index is 8.82. The summed E-state index contributed by atoms with van der Waals surface area (Å²) < 4.78 is 0. The van der Waals surface area contributed by atoms with E-state index >= 15 is 0 Å². The summed E-state index contributed by atoms with van der Waals surface area (Å²) in [6, 6.07) is 10.2. The summed E-state index contributed by atoms with van der Waals surface area (Å²) in [5.41, 5.74) is 2.01. The first kappa shape index (κ1) is 13.0. The summed E-state index contributed by atoms with van der Waals surface area (Å²) in [5.74, 6) is 1.67. The largest absolute Gasteiger partial charge is 0.372 e. The molecule has 0 amide bonds. The van der Waals surface area contributed by atoms with Crippen LogP contribution in [0, 0.1) is 23.2 Å². The van der Waals surface area contributed by atoms with E-state index in [-0.39, 0.29) is 0 Å². The summed E-state index contributed by atoms with van der Waals surface area (Å²) >= 11 is 0. The van der Waals surface area contributed by atoms with E-state index in [2.05, 4.69) is 36.9 Å². The minimum Gasteiger partial charge on any atom is -0.372 e. The summed E-state index contributed by atoms with van der Waals surface area (Å²) in [6.07, 6.45) is 3.92. The van der Waals surface area contributed by atoms with Gasteiger partial charge in [0.05, 0.1) is 11.6 Å². The van der Waals surface area contributed by atoms with Crippen molar-refractivity contribution in [1.29, 1.82) is 5.26 Å². The van der Waals surface area contributed by atoms with Crippen molar-refractivity contribution in [1.82, 2.24) is 0 Å². The molecule has 1 unspecified atom stereocenters. The highest BCUT2D eigenvalue weighted by Gasteiger charge is 2.19. The van der Waals surface area contributed by atoms with E-state index in [0.29, 0.717) is 0 Å². The Morgan fingerprint density at radius 1 is 1.17 bits per heavy atom. The molecule has 2 heteroatoms. The first-order chi connectivity index (χ1) is 8.70. The second-order valence-corrected chi connectivity index (χ2v) is 5.58. The second kappa shape index (κ2) is 5.91. The third-order valence-electron chi connectivity index (χ3n) is 4.08. The summed E-state index contributed by atoms with van der Waals surface area (Å²) in [7, 11) is 0. The molecule has 18 heavy (non-hydrogen) atoms. The lowest BCUT2D eigenvalue weighted by molar-refractivity contribution is 0.351. The van der Waals surface area contributed by atoms with Crippen LogP contribution < -0.4 is 4.90 Å². The average Bonchev–Trinajstić information content (AvgIpc) is 2.64. The van der Waals surface area contributed by atoms with Gasteiger partial charge in [0.2, 0.25) is 0 Å². The highest BCUT2D eigenvalue weighted by molar-refractivity contribution is 5.49. The number of hydrogen-bond donors (Lipinski definition) is 0. The minimum absolute atomic E-state index is 0.744. The number of anilines is 1. The molecule has 1 fully saturated rings. The van der Waals surface area contributed by atoms with E-state index in [1.54, 1.807) is 0 Å². The van der Waals surface area contributed by atoms with Crippen molar-refractivity contribution in [3.05, 3.63) is 29.8 Å². The number of nitrogens with zero attached hydrogens (tertiary/aromatic N) is 2. The number of hydrogen-bond acceptors (Lipinski definition) is 2. The van der Waals surface area contributed by atoms with Gasteiger partial charge in [0.25, 0.3) is 0 Å². The van der Waals surface area contributed by atoms with Gasteiger partial charge in [-0.25, -0.2) is 0 Å². The standard InChI is InChI=1S/C16H22N2/c1-13(2)15-4-3-10-18(11-9-15)16-7-5-14(12-17)6-8-16/h5-8,13,15H,3-4,9-11H2,1-2H3. The van der Waals surface area contributed by atoms with Crippen molar-refractivity contribution >= 4 is 5.69 Å². The Kier molecular flexibility index (Phi) is 4.25. The van der Waals surface area contributed by atoms with Crippen LogP contribution in [0.1, 0.15) is 38.7 Å². The van der Waals surface area contributed by atoms with Crippen LogP contribution in [0.15, 0.2) is 24.3 Å². The van der Waals surface area contributed by atoms with Crippen LogP contribution in [0.2, 0.25) is 0 Å². The van der Waals surface area contributed by atoms with Gasteiger partial charge >= 0.3 is 0 Å². The molecular formula is C16H22N2. The van der Waals surface area contributed by atoms with Crippen LogP contribution in [0.4, 0.5) is 5.69 Å². The quantitative estimate of drug-likeness (QED) is 0.788. The molecule has 0 aromatic heterocycles. The van der Waals surface area contributed by atoms with Gasteiger partial charge in [-0.3, -0.25) is 0 Å². The predicted octanol–water partition coefficient (Wildman–Crippen LogP) is 3.82. The molecule has 2 rings (SSSR count). The van der Waals surface area contributed by atoms with Gasteiger partial charge in [-0.2, -0.15) is 5.26 Å². The van der Waals surface area contributed by atoms with Crippen molar-refractivity contribution in [2.24, 2.45) is 11.8 Å². The molecule has 1 atom stereocenters. The highest BCUT2D eigenvalue weighted by Crippen LogP contribution is 2.27. The maximum Gasteiger partial charge on any atom is 0.0991 e. The van der Waals surface area contributed by atoms with Crippen LogP contribution in [-0.2, 0) is 0 Å². The third kappa shape index (κ3) is 3.04. The fourth-order valence-corrected chi connectivity index (χ4v) is 2.79. The van der Waals surface area contributed by atoms with Crippen LogP contribution in [0.3, 0.4) is 0 Å². The van der Waals surface area contributed by atoms with Crippen LogP contribution in [0.25, 0.3) is 0 Å². The van der Waals surface area contributed by atoms with Crippen molar-refractivity contribution in [2.75, 3.05) is 18.0 Å². The molecule has 96 valence electrons. The Morgan fingerprint density at radius 2 is 1.89 bits per heavy atom. The van der Waals surface area contributed by atoms with Crippen molar-refractivity contribution < 1.29 is 0 Å². The number of rotatable bonds is 2. The first-order valence-electron chi connectivity index (χ1n) is 6.96. The van der Waals surface area contributed by atoms with E-state index in [1.165, 1.54) is 24.9 Å². The van der Waals surface area contributed by atoms with Gasteiger partial charge in [0.1, 0.15) is 0 Å². The van der Waals surface area contributed by atoms with Crippen molar-refractivity contribution in [3.8, 4) is 6.07 Å². The molecule has 0 saturated carbocycles. The second-order valence-electron chi connectivity index (χ2n) is 5.58. The van der Waals surface area contributed by atoms with Gasteiger partial charge in [-0.15, -0.1) is 0 Å². The molecule has 1 aliphatic heterocycles. The molecule has 0 aliphatic carbocycles. The Bertz CT molecular complexity index is 414. The van der Waals surface area contributed by atoms with Crippen LogP contribution >= 0.6 is 0 Å². The zero-order valence-electron chi connectivity index (χ0n) is 11.4. The van der Waals surface area contributed by atoms with Crippen LogP contribution in [0.5, 0.6) is 0 Å². The molecule has 0 bridgehead atoms. The van der Waals surface area contributed by atoms with Crippen molar-refractivity contribution in [2.45, 2.75) is 33.1 Å². The molecule has 1 aliphatic rings. The van der Waals surface area contributed by atoms with Crippen molar-refractivity contribution in [3.63, 3.8) is 0 Å². The van der Waals surface area contributed by atoms with Gasteiger partial charge < -0.3 is 4.90 Å². The fourth-order valence-electron chi connectivity index (χ4n) is 2.79. The Hall–Kier alpha value is -1.49. The number of benzene rings is 1. The molecule has 1 aromatic carbocycles. The molecule has 1 saturated heterocycles. The van der Waals surface area contributed by atoms with E-state index in [4.69, 9.17) is 5.26 Å².